The Bertz CT molecular complexity index is 1260. The second-order valence-corrected chi connectivity index (χ2v) is 10.1. The Morgan fingerprint density at radius 3 is 2.60 bits per heavy atom. The number of sulfonamides is 1. The van der Waals surface area contributed by atoms with Crippen LogP contribution < -0.4 is 4.74 Å². The highest BCUT2D eigenvalue weighted by atomic mass is 32.2. The molecule has 2 aromatic carbocycles. The maximum absolute atomic E-state index is 13.0. The topological polar surface area (TPSA) is 115 Å². The molecule has 186 valence electrons. The van der Waals surface area contributed by atoms with Gasteiger partial charge in [-0.3, -0.25) is 4.79 Å². The van der Waals surface area contributed by atoms with Crippen LogP contribution >= 0.6 is 0 Å². The van der Waals surface area contributed by atoms with Crippen LogP contribution in [-0.2, 0) is 32.5 Å². The zero-order valence-corrected chi connectivity index (χ0v) is 20.5. The average molecular weight is 501 g/mol. The second kappa shape index (κ2) is 11.0. The minimum Gasteiger partial charge on any atom is -0.496 e. The zero-order valence-electron chi connectivity index (χ0n) is 19.7. The van der Waals surface area contributed by atoms with Crippen molar-refractivity contribution in [2.45, 2.75) is 24.3 Å². The lowest BCUT2D eigenvalue weighted by Gasteiger charge is -2.26. The number of aryl methyl sites for hydroxylation is 1. The van der Waals surface area contributed by atoms with Gasteiger partial charge in [0.05, 0.1) is 31.8 Å². The number of hydrogen-bond acceptors (Lipinski definition) is 8. The molecular weight excluding hydrogens is 472 g/mol. The number of hydrogen-bond donors (Lipinski definition) is 0. The van der Waals surface area contributed by atoms with Crippen LogP contribution in [0.4, 0.5) is 0 Å². The summed E-state index contributed by atoms with van der Waals surface area (Å²) in [7, 11) is -0.476. The molecule has 0 N–H and O–H groups in total. The van der Waals surface area contributed by atoms with Crippen molar-refractivity contribution in [3.8, 4) is 17.1 Å². The Labute approximate surface area is 204 Å². The molecule has 0 radical (unpaired) electrons. The molecular formula is C24H28N4O6S. The van der Waals surface area contributed by atoms with Gasteiger partial charge in [0.2, 0.25) is 27.6 Å². The lowest BCUT2D eigenvalue weighted by molar-refractivity contribution is -0.130. The third-order valence-electron chi connectivity index (χ3n) is 5.77. The first-order valence-electron chi connectivity index (χ1n) is 11.3. The summed E-state index contributed by atoms with van der Waals surface area (Å²) in [5.74, 6) is 1.18. The third-order valence-corrected chi connectivity index (χ3v) is 7.66. The first kappa shape index (κ1) is 24.8. The summed E-state index contributed by atoms with van der Waals surface area (Å²) in [6, 6.07) is 14.2. The molecule has 1 aliphatic rings. The Morgan fingerprint density at radius 2 is 1.89 bits per heavy atom. The molecule has 2 heterocycles. The van der Waals surface area contributed by atoms with Crippen molar-refractivity contribution in [1.29, 1.82) is 0 Å². The van der Waals surface area contributed by atoms with Crippen molar-refractivity contribution in [3.05, 3.63) is 60.0 Å². The fourth-order valence-corrected chi connectivity index (χ4v) is 5.25. The number of ether oxygens (including phenoxy) is 2. The Hall–Kier alpha value is -3.28. The van der Waals surface area contributed by atoms with Gasteiger partial charge in [-0.1, -0.05) is 35.5 Å². The largest absolute Gasteiger partial charge is 0.496 e. The van der Waals surface area contributed by atoms with Crippen molar-refractivity contribution in [2.24, 2.45) is 0 Å². The van der Waals surface area contributed by atoms with Crippen LogP contribution in [0, 0.1) is 0 Å². The van der Waals surface area contributed by atoms with Crippen molar-refractivity contribution in [1.82, 2.24) is 19.3 Å². The molecule has 0 bridgehead atoms. The standard InChI is InChI=1S/C24H28N4O6S/c1-27(17-22-25-24(26-34-22)18-6-4-3-5-7-18)23(29)11-8-19-16-20(9-10-21(19)32-2)35(30,31)28-12-14-33-15-13-28/h3-7,9-10,16H,8,11-15,17H2,1-2H3. The molecule has 1 amide bonds. The summed E-state index contributed by atoms with van der Waals surface area (Å²) in [6.45, 7) is 1.54. The molecule has 0 saturated carbocycles. The number of nitrogens with zero attached hydrogens (tertiary/aromatic N) is 4. The average Bonchev–Trinajstić information content (AvgIpc) is 3.36. The molecule has 0 unspecified atom stereocenters. The van der Waals surface area contributed by atoms with E-state index in [4.69, 9.17) is 14.0 Å². The van der Waals surface area contributed by atoms with Crippen LogP contribution in [-0.4, -0.2) is 74.1 Å². The van der Waals surface area contributed by atoms with Crippen LogP contribution in [0.5, 0.6) is 5.75 Å². The molecule has 1 saturated heterocycles. The molecule has 4 rings (SSSR count). The number of benzene rings is 2. The second-order valence-electron chi connectivity index (χ2n) is 8.12. The lowest BCUT2D eigenvalue weighted by atomic mass is 10.1. The maximum Gasteiger partial charge on any atom is 0.246 e. The fraction of sp³-hybridized carbons (Fsp3) is 0.375. The minimum absolute atomic E-state index is 0.145. The van der Waals surface area contributed by atoms with Gasteiger partial charge in [0.1, 0.15) is 5.75 Å². The summed E-state index contributed by atoms with van der Waals surface area (Å²) in [5, 5.41) is 3.98. The summed E-state index contributed by atoms with van der Waals surface area (Å²) < 4.78 is 43.4. The van der Waals surface area contributed by atoms with Crippen molar-refractivity contribution < 1.29 is 27.2 Å². The van der Waals surface area contributed by atoms with Gasteiger partial charge < -0.3 is 18.9 Å². The van der Waals surface area contributed by atoms with E-state index in [2.05, 4.69) is 10.1 Å². The van der Waals surface area contributed by atoms with Crippen molar-refractivity contribution in [3.63, 3.8) is 0 Å². The van der Waals surface area contributed by atoms with Crippen LogP contribution in [0.15, 0.2) is 57.9 Å². The van der Waals surface area contributed by atoms with Gasteiger partial charge in [-0.05, 0) is 30.2 Å². The normalized spacial score (nSPS) is 14.6. The highest BCUT2D eigenvalue weighted by molar-refractivity contribution is 7.89. The Kier molecular flexibility index (Phi) is 7.79. The van der Waals surface area contributed by atoms with E-state index >= 15 is 0 Å². The van der Waals surface area contributed by atoms with E-state index < -0.39 is 10.0 Å². The van der Waals surface area contributed by atoms with Crippen molar-refractivity contribution in [2.75, 3.05) is 40.5 Å². The van der Waals surface area contributed by atoms with E-state index in [1.165, 1.54) is 22.4 Å². The molecule has 11 heteroatoms. The number of methoxy groups -OCH3 is 1. The number of aromatic nitrogens is 2. The van der Waals surface area contributed by atoms with E-state index in [1.807, 2.05) is 30.3 Å². The van der Waals surface area contributed by atoms with Crippen LogP contribution in [0.2, 0.25) is 0 Å². The first-order chi connectivity index (χ1) is 16.9. The van der Waals surface area contributed by atoms with Crippen LogP contribution in [0.3, 0.4) is 0 Å². The fourth-order valence-electron chi connectivity index (χ4n) is 3.79. The van der Waals surface area contributed by atoms with Gasteiger partial charge in [0, 0.05) is 32.1 Å². The number of carbonyl (C=O) groups is 1. The monoisotopic (exact) mass is 500 g/mol. The minimum atomic E-state index is -3.65. The number of rotatable bonds is 9. The van der Waals surface area contributed by atoms with Gasteiger partial charge in [0.15, 0.2) is 0 Å². The molecule has 10 nitrogen and oxygen atoms in total. The van der Waals surface area contributed by atoms with Gasteiger partial charge in [-0.15, -0.1) is 0 Å². The van der Waals surface area contributed by atoms with Gasteiger partial charge in [-0.25, -0.2) is 8.42 Å². The third kappa shape index (κ3) is 5.87. The van der Waals surface area contributed by atoms with Crippen LogP contribution in [0.25, 0.3) is 11.4 Å². The Balaban J connectivity index is 1.40. The molecule has 1 aromatic heterocycles. The van der Waals surface area contributed by atoms with E-state index in [0.29, 0.717) is 55.8 Å². The van der Waals surface area contributed by atoms with E-state index in [1.54, 1.807) is 19.2 Å². The molecule has 35 heavy (non-hydrogen) atoms. The van der Waals surface area contributed by atoms with E-state index in [0.717, 1.165) is 5.56 Å². The predicted octanol–water partition coefficient (Wildman–Crippen LogP) is 2.36. The van der Waals surface area contributed by atoms with Crippen LogP contribution in [0.1, 0.15) is 17.9 Å². The SMILES string of the molecule is COc1ccc(S(=O)(=O)N2CCOCC2)cc1CCC(=O)N(C)Cc1nc(-c2ccccc2)no1. The highest BCUT2D eigenvalue weighted by Crippen LogP contribution is 2.26. The smallest absolute Gasteiger partial charge is 0.246 e. The first-order valence-corrected chi connectivity index (χ1v) is 12.7. The molecule has 3 aromatic rings. The highest BCUT2D eigenvalue weighted by Gasteiger charge is 2.27. The number of carbonyl (C=O) groups excluding carboxylic acids is 1. The number of amides is 1. The van der Waals surface area contributed by atoms with Gasteiger partial charge in [0.25, 0.3) is 0 Å². The maximum atomic E-state index is 13.0. The molecule has 0 spiro atoms. The summed E-state index contributed by atoms with van der Waals surface area (Å²) in [4.78, 5) is 18.8. The summed E-state index contributed by atoms with van der Waals surface area (Å²) >= 11 is 0. The summed E-state index contributed by atoms with van der Waals surface area (Å²) in [5.41, 5.74) is 1.48. The van der Waals surface area contributed by atoms with Gasteiger partial charge >= 0.3 is 0 Å². The van der Waals surface area contributed by atoms with Gasteiger partial charge in [-0.2, -0.15) is 9.29 Å². The quantitative estimate of drug-likeness (QED) is 0.440. The lowest BCUT2D eigenvalue weighted by Crippen LogP contribution is -2.40. The molecule has 0 aliphatic carbocycles. The molecule has 1 aliphatic heterocycles. The molecule has 1 fully saturated rings. The predicted molar refractivity (Wildman–Crippen MR) is 127 cm³/mol. The molecule has 0 atom stereocenters. The Morgan fingerprint density at radius 1 is 1.14 bits per heavy atom. The zero-order chi connectivity index (χ0) is 24.8. The summed E-state index contributed by atoms with van der Waals surface area (Å²) in [6.07, 6.45) is 0.478. The van der Waals surface area contributed by atoms with Crippen molar-refractivity contribution >= 4 is 15.9 Å². The number of morpholine rings is 1. The van der Waals surface area contributed by atoms with E-state index in [9.17, 15) is 13.2 Å². The van der Waals surface area contributed by atoms with E-state index in [-0.39, 0.29) is 23.8 Å².